The van der Waals surface area contributed by atoms with Gasteiger partial charge in [-0.05, 0) is 18.1 Å². The molecule has 0 fully saturated rings. The first-order valence-electron chi connectivity index (χ1n) is 7.13. The van der Waals surface area contributed by atoms with Crippen LogP contribution >= 0.6 is 11.8 Å². The second kappa shape index (κ2) is 5.60. The van der Waals surface area contributed by atoms with E-state index in [2.05, 4.69) is 24.3 Å². The highest BCUT2D eigenvalue weighted by Gasteiger charge is 2.27. The minimum absolute atomic E-state index is 0.0175. The number of nitrogens with zero attached hydrogens (tertiary/aromatic N) is 3. The van der Waals surface area contributed by atoms with Gasteiger partial charge in [0.1, 0.15) is 11.9 Å². The molecule has 0 radical (unpaired) electrons. The zero-order chi connectivity index (χ0) is 15.0. The molecule has 5 nitrogen and oxygen atoms in total. The van der Waals surface area contributed by atoms with Crippen LogP contribution in [-0.2, 0) is 23.3 Å². The Morgan fingerprint density at radius 2 is 2.05 bits per heavy atom. The first kappa shape index (κ1) is 14.3. The molecule has 1 N–H and O–H groups in total. The standard InChI is InChI=1S/C15H20N4OS/c1-10(2)13(19-6-4-5-7-19)15(20)16-14-11-8-21-9-12(11)17-18(14)3/h4-7,10,13H,8-9H2,1-3H3,(H,16,20)/t13-/m1/s1. The Bertz CT molecular complexity index is 645. The first-order valence-corrected chi connectivity index (χ1v) is 8.29. The van der Waals surface area contributed by atoms with Gasteiger partial charge in [-0.3, -0.25) is 9.48 Å². The van der Waals surface area contributed by atoms with Crippen molar-refractivity contribution in [2.24, 2.45) is 13.0 Å². The average molecular weight is 304 g/mol. The van der Waals surface area contributed by atoms with E-state index in [0.717, 1.165) is 23.0 Å². The Balaban J connectivity index is 1.85. The maximum atomic E-state index is 12.7. The number of carbonyl (C=O) groups is 1. The van der Waals surface area contributed by atoms with Crippen LogP contribution in [0.4, 0.5) is 5.82 Å². The monoisotopic (exact) mass is 304 g/mol. The van der Waals surface area contributed by atoms with Crippen LogP contribution in [-0.4, -0.2) is 20.3 Å². The maximum Gasteiger partial charge on any atom is 0.248 e. The lowest BCUT2D eigenvalue weighted by molar-refractivity contribution is -0.120. The zero-order valence-electron chi connectivity index (χ0n) is 12.5. The number of carbonyl (C=O) groups excluding carboxylic acids is 1. The normalized spacial score (nSPS) is 15.2. The van der Waals surface area contributed by atoms with Crippen LogP contribution < -0.4 is 5.32 Å². The third-order valence-corrected chi connectivity index (χ3v) is 4.77. The lowest BCUT2D eigenvalue weighted by Gasteiger charge is -2.22. The van der Waals surface area contributed by atoms with Gasteiger partial charge in [-0.1, -0.05) is 13.8 Å². The van der Waals surface area contributed by atoms with Crippen molar-refractivity contribution in [3.8, 4) is 0 Å². The molecule has 0 saturated carbocycles. The highest BCUT2D eigenvalue weighted by atomic mass is 32.2. The van der Waals surface area contributed by atoms with Crippen LogP contribution in [0.1, 0.15) is 31.1 Å². The Morgan fingerprint density at radius 3 is 2.71 bits per heavy atom. The molecule has 1 aliphatic heterocycles. The van der Waals surface area contributed by atoms with Crippen LogP contribution in [0.5, 0.6) is 0 Å². The van der Waals surface area contributed by atoms with E-state index in [-0.39, 0.29) is 17.9 Å². The fourth-order valence-corrected chi connectivity index (χ4v) is 3.84. The molecule has 1 aliphatic rings. The molecule has 21 heavy (non-hydrogen) atoms. The van der Waals surface area contributed by atoms with Gasteiger partial charge < -0.3 is 9.88 Å². The van der Waals surface area contributed by atoms with Gasteiger partial charge in [0.15, 0.2) is 0 Å². The minimum atomic E-state index is -0.209. The van der Waals surface area contributed by atoms with E-state index < -0.39 is 0 Å². The molecule has 6 heteroatoms. The predicted molar refractivity (Wildman–Crippen MR) is 85.1 cm³/mol. The van der Waals surface area contributed by atoms with Crippen molar-refractivity contribution in [3.63, 3.8) is 0 Å². The van der Waals surface area contributed by atoms with Gasteiger partial charge >= 0.3 is 0 Å². The topological polar surface area (TPSA) is 51.9 Å². The molecule has 1 amide bonds. The van der Waals surface area contributed by atoms with Crippen molar-refractivity contribution in [1.29, 1.82) is 0 Å². The molecule has 0 aliphatic carbocycles. The summed E-state index contributed by atoms with van der Waals surface area (Å²) in [6.45, 7) is 4.13. The number of amides is 1. The number of hydrogen-bond acceptors (Lipinski definition) is 3. The van der Waals surface area contributed by atoms with Crippen molar-refractivity contribution in [2.45, 2.75) is 31.4 Å². The second-order valence-electron chi connectivity index (χ2n) is 5.70. The molecule has 0 aromatic carbocycles. The van der Waals surface area contributed by atoms with E-state index in [0.29, 0.717) is 0 Å². The van der Waals surface area contributed by atoms with Gasteiger partial charge in [0.25, 0.3) is 0 Å². The summed E-state index contributed by atoms with van der Waals surface area (Å²) in [4.78, 5) is 12.7. The largest absolute Gasteiger partial charge is 0.342 e. The third-order valence-electron chi connectivity index (χ3n) is 3.80. The molecule has 2 aromatic rings. The molecule has 0 spiro atoms. The lowest BCUT2D eigenvalue weighted by atomic mass is 10.0. The maximum absolute atomic E-state index is 12.7. The first-order chi connectivity index (χ1) is 10.1. The molecule has 0 saturated heterocycles. The molecule has 1 atom stereocenters. The van der Waals surface area contributed by atoms with Crippen LogP contribution in [0.2, 0.25) is 0 Å². The highest BCUT2D eigenvalue weighted by Crippen LogP contribution is 2.34. The number of hydrogen-bond donors (Lipinski definition) is 1. The van der Waals surface area contributed by atoms with Crippen LogP contribution in [0.15, 0.2) is 24.5 Å². The van der Waals surface area contributed by atoms with Crippen molar-refractivity contribution < 1.29 is 4.79 Å². The summed E-state index contributed by atoms with van der Waals surface area (Å²) < 4.78 is 3.75. The van der Waals surface area contributed by atoms with Gasteiger partial charge in [0, 0.05) is 36.5 Å². The number of aryl methyl sites for hydroxylation is 1. The van der Waals surface area contributed by atoms with E-state index in [4.69, 9.17) is 0 Å². The Morgan fingerprint density at radius 1 is 1.33 bits per heavy atom. The number of aromatic nitrogens is 3. The fourth-order valence-electron chi connectivity index (χ4n) is 2.80. The fraction of sp³-hybridized carbons (Fsp3) is 0.467. The molecule has 112 valence electrons. The van der Waals surface area contributed by atoms with E-state index in [9.17, 15) is 4.79 Å². The summed E-state index contributed by atoms with van der Waals surface area (Å²) in [6.07, 6.45) is 3.88. The highest BCUT2D eigenvalue weighted by molar-refractivity contribution is 7.98. The van der Waals surface area contributed by atoms with E-state index in [1.807, 2.05) is 47.9 Å². The number of fused-ring (bicyclic) bond motifs is 1. The zero-order valence-corrected chi connectivity index (χ0v) is 13.4. The predicted octanol–water partition coefficient (Wildman–Crippen LogP) is 2.80. The number of thioether (sulfide) groups is 1. The van der Waals surface area contributed by atoms with Gasteiger partial charge in [-0.25, -0.2) is 0 Å². The summed E-state index contributed by atoms with van der Waals surface area (Å²) in [6, 6.07) is 3.68. The van der Waals surface area contributed by atoms with Crippen molar-refractivity contribution >= 4 is 23.5 Å². The quantitative estimate of drug-likeness (QED) is 0.945. The lowest BCUT2D eigenvalue weighted by Crippen LogP contribution is -2.30. The summed E-state index contributed by atoms with van der Waals surface area (Å²) in [5, 5.41) is 7.57. The summed E-state index contributed by atoms with van der Waals surface area (Å²) >= 11 is 1.84. The van der Waals surface area contributed by atoms with Crippen molar-refractivity contribution in [3.05, 3.63) is 35.8 Å². The van der Waals surface area contributed by atoms with Crippen molar-refractivity contribution in [2.75, 3.05) is 5.32 Å². The van der Waals surface area contributed by atoms with E-state index >= 15 is 0 Å². The summed E-state index contributed by atoms with van der Waals surface area (Å²) in [5.41, 5.74) is 2.27. The smallest absolute Gasteiger partial charge is 0.248 e. The average Bonchev–Trinajstić information content (AvgIpc) is 3.10. The minimum Gasteiger partial charge on any atom is -0.342 e. The number of rotatable bonds is 4. The van der Waals surface area contributed by atoms with Gasteiger partial charge in [0.05, 0.1) is 5.69 Å². The molecule has 0 unspecified atom stereocenters. The third kappa shape index (κ3) is 2.60. The molecule has 2 aromatic heterocycles. The van der Waals surface area contributed by atoms with Gasteiger partial charge in [-0.2, -0.15) is 16.9 Å². The number of nitrogens with one attached hydrogen (secondary N) is 1. The summed E-state index contributed by atoms with van der Waals surface area (Å²) in [7, 11) is 1.89. The second-order valence-corrected chi connectivity index (χ2v) is 6.68. The van der Waals surface area contributed by atoms with Gasteiger partial charge in [-0.15, -0.1) is 0 Å². The molecule has 3 rings (SSSR count). The molecule has 0 bridgehead atoms. The van der Waals surface area contributed by atoms with Crippen molar-refractivity contribution in [1.82, 2.24) is 14.3 Å². The van der Waals surface area contributed by atoms with Crippen LogP contribution in [0.25, 0.3) is 0 Å². The Labute approximate surface area is 128 Å². The Kier molecular flexibility index (Phi) is 3.80. The molecular formula is C15H20N4OS. The number of anilines is 1. The summed E-state index contributed by atoms with van der Waals surface area (Å²) in [5.74, 6) is 2.94. The molecule has 3 heterocycles. The van der Waals surface area contributed by atoms with Crippen LogP contribution in [0, 0.1) is 5.92 Å². The van der Waals surface area contributed by atoms with E-state index in [1.165, 1.54) is 5.56 Å². The van der Waals surface area contributed by atoms with E-state index in [1.54, 1.807) is 4.68 Å². The SMILES string of the molecule is CC(C)[C@H](C(=O)Nc1c2c(nn1C)CSC2)n1cccc1. The Hall–Kier alpha value is -1.69. The van der Waals surface area contributed by atoms with Gasteiger partial charge in [0.2, 0.25) is 5.91 Å². The molecular weight excluding hydrogens is 284 g/mol. The van der Waals surface area contributed by atoms with Crippen LogP contribution in [0.3, 0.4) is 0 Å².